The fourth-order valence-corrected chi connectivity index (χ4v) is 1.85. The van der Waals surface area contributed by atoms with Crippen LogP contribution in [0.3, 0.4) is 0 Å². The van der Waals surface area contributed by atoms with E-state index in [4.69, 9.17) is 10.2 Å². The van der Waals surface area contributed by atoms with E-state index in [0.29, 0.717) is 0 Å². The number of allylic oxidation sites excluding steroid dienone is 1. The molecule has 0 aromatic heterocycles. The van der Waals surface area contributed by atoms with Gasteiger partial charge < -0.3 is 30.8 Å². The standard InChI is InChI=1S/C15H27NO7/c1-2-3-4-5-6-7-8-9-16-14(21)12(19)10(17)11(18)13(20)15(22)23/h8-13,17-20H,2-7H2,1H3,(H,16,21)(H,22,23)/b9-8+/t10-,11-,12+,13-/m1/s1. The molecule has 0 spiro atoms. The molecule has 0 aliphatic rings. The summed E-state index contributed by atoms with van der Waals surface area (Å²) in [4.78, 5) is 22.0. The molecule has 0 rings (SSSR count). The Morgan fingerprint density at radius 1 is 0.957 bits per heavy atom. The summed E-state index contributed by atoms with van der Waals surface area (Å²) < 4.78 is 0. The van der Waals surface area contributed by atoms with Gasteiger partial charge in [0.15, 0.2) is 12.2 Å². The second kappa shape index (κ2) is 12.0. The third-order valence-corrected chi connectivity index (χ3v) is 3.34. The van der Waals surface area contributed by atoms with Crippen LogP contribution < -0.4 is 5.32 Å². The van der Waals surface area contributed by atoms with Gasteiger partial charge in [0.25, 0.3) is 5.91 Å². The molecular formula is C15H27NO7. The monoisotopic (exact) mass is 333 g/mol. The first kappa shape index (κ1) is 21.5. The zero-order valence-electron chi connectivity index (χ0n) is 13.3. The van der Waals surface area contributed by atoms with Gasteiger partial charge in [-0.25, -0.2) is 4.79 Å². The molecule has 0 aliphatic heterocycles. The number of carboxylic acids is 1. The molecule has 0 aromatic rings. The van der Waals surface area contributed by atoms with E-state index in [1.165, 1.54) is 12.6 Å². The predicted molar refractivity (Wildman–Crippen MR) is 82.3 cm³/mol. The summed E-state index contributed by atoms with van der Waals surface area (Å²) in [7, 11) is 0. The largest absolute Gasteiger partial charge is 0.479 e. The maximum Gasteiger partial charge on any atom is 0.335 e. The highest BCUT2D eigenvalue weighted by molar-refractivity contribution is 5.82. The molecule has 0 saturated heterocycles. The summed E-state index contributed by atoms with van der Waals surface area (Å²) >= 11 is 0. The molecule has 4 atom stereocenters. The predicted octanol–water partition coefficient (Wildman–Crippen LogP) is -0.495. The van der Waals surface area contributed by atoms with Gasteiger partial charge in [0.1, 0.15) is 12.2 Å². The molecule has 0 saturated carbocycles. The Kier molecular flexibility index (Phi) is 11.2. The minimum atomic E-state index is -2.30. The van der Waals surface area contributed by atoms with Crippen LogP contribution in [0.2, 0.25) is 0 Å². The van der Waals surface area contributed by atoms with E-state index in [2.05, 4.69) is 12.2 Å². The molecule has 8 nitrogen and oxygen atoms in total. The van der Waals surface area contributed by atoms with Crippen LogP contribution in [0.25, 0.3) is 0 Å². The highest BCUT2D eigenvalue weighted by Gasteiger charge is 2.37. The molecule has 134 valence electrons. The molecule has 0 aliphatic carbocycles. The third kappa shape index (κ3) is 8.65. The molecule has 0 bridgehead atoms. The average molecular weight is 333 g/mol. The Hall–Kier alpha value is -1.48. The average Bonchev–Trinajstić information content (AvgIpc) is 2.54. The topological polar surface area (TPSA) is 147 Å². The zero-order valence-corrected chi connectivity index (χ0v) is 13.3. The van der Waals surface area contributed by atoms with Crippen LogP contribution in [0.5, 0.6) is 0 Å². The first-order valence-electron chi connectivity index (χ1n) is 7.73. The van der Waals surface area contributed by atoms with Crippen LogP contribution in [0.4, 0.5) is 0 Å². The number of aliphatic hydroxyl groups excluding tert-OH is 4. The van der Waals surface area contributed by atoms with Crippen molar-refractivity contribution in [3.63, 3.8) is 0 Å². The number of nitrogens with one attached hydrogen (secondary N) is 1. The molecule has 0 radical (unpaired) electrons. The van der Waals surface area contributed by atoms with Crippen LogP contribution in [-0.2, 0) is 9.59 Å². The summed E-state index contributed by atoms with van der Waals surface area (Å²) in [6.45, 7) is 2.13. The molecule has 23 heavy (non-hydrogen) atoms. The SMILES string of the molecule is CCCCCCC/C=C/NC(=O)[C@@H](O)[C@H](O)[C@@H](O)[C@@H](O)C(=O)O. The number of carbonyl (C=O) groups is 2. The van der Waals surface area contributed by atoms with Crippen molar-refractivity contribution in [3.8, 4) is 0 Å². The summed E-state index contributed by atoms with van der Waals surface area (Å²) in [5.41, 5.74) is 0. The van der Waals surface area contributed by atoms with Crippen LogP contribution in [0.1, 0.15) is 45.4 Å². The van der Waals surface area contributed by atoms with E-state index >= 15 is 0 Å². The molecule has 8 heteroatoms. The molecule has 6 N–H and O–H groups in total. The maximum atomic E-state index is 11.5. The number of aliphatic carboxylic acids is 1. The highest BCUT2D eigenvalue weighted by atomic mass is 16.4. The van der Waals surface area contributed by atoms with Gasteiger partial charge in [0.2, 0.25) is 0 Å². The fraction of sp³-hybridized carbons (Fsp3) is 0.733. The van der Waals surface area contributed by atoms with Gasteiger partial charge in [-0.1, -0.05) is 38.7 Å². The number of rotatable bonds is 12. The first-order chi connectivity index (χ1) is 10.8. The van der Waals surface area contributed by atoms with E-state index < -0.39 is 36.3 Å². The molecule has 0 heterocycles. The van der Waals surface area contributed by atoms with Crippen molar-refractivity contribution in [2.24, 2.45) is 0 Å². The normalized spacial score (nSPS) is 16.7. The smallest absolute Gasteiger partial charge is 0.335 e. The van der Waals surface area contributed by atoms with E-state index in [1.807, 2.05) is 0 Å². The second-order valence-electron chi connectivity index (χ2n) is 5.32. The van der Waals surface area contributed by atoms with Crippen LogP contribution in [0.15, 0.2) is 12.3 Å². The molecule has 1 amide bonds. The van der Waals surface area contributed by atoms with Crippen molar-refractivity contribution in [3.05, 3.63) is 12.3 Å². The van der Waals surface area contributed by atoms with Gasteiger partial charge in [-0.05, 0) is 19.0 Å². The van der Waals surface area contributed by atoms with E-state index in [0.717, 1.165) is 32.1 Å². The first-order valence-corrected chi connectivity index (χ1v) is 7.73. The van der Waals surface area contributed by atoms with Crippen LogP contribution in [0, 0.1) is 0 Å². The van der Waals surface area contributed by atoms with Crippen molar-refractivity contribution >= 4 is 11.9 Å². The second-order valence-corrected chi connectivity index (χ2v) is 5.32. The summed E-state index contributed by atoms with van der Waals surface area (Å²) in [6, 6.07) is 0. The molecule has 0 aromatic carbocycles. The quantitative estimate of drug-likeness (QED) is 0.264. The van der Waals surface area contributed by atoms with Gasteiger partial charge in [-0.15, -0.1) is 0 Å². The summed E-state index contributed by atoms with van der Waals surface area (Å²) in [5.74, 6) is -2.77. The number of aliphatic hydroxyl groups is 4. The van der Waals surface area contributed by atoms with E-state index in [1.54, 1.807) is 6.08 Å². The van der Waals surface area contributed by atoms with Crippen LogP contribution in [-0.4, -0.2) is 61.8 Å². The number of unbranched alkanes of at least 4 members (excludes halogenated alkanes) is 5. The lowest BCUT2D eigenvalue weighted by atomic mass is 10.0. The van der Waals surface area contributed by atoms with Gasteiger partial charge in [0, 0.05) is 0 Å². The molecule has 0 fully saturated rings. The van der Waals surface area contributed by atoms with Crippen molar-refractivity contribution in [2.75, 3.05) is 0 Å². The Morgan fingerprint density at radius 3 is 2.09 bits per heavy atom. The fourth-order valence-electron chi connectivity index (χ4n) is 1.85. The summed E-state index contributed by atoms with van der Waals surface area (Å²) in [6.07, 6.45) is 0.675. The highest BCUT2D eigenvalue weighted by Crippen LogP contribution is 2.07. The number of carbonyl (C=O) groups excluding carboxylic acids is 1. The minimum absolute atomic E-state index is 0.753. The molecular weight excluding hydrogens is 306 g/mol. The van der Waals surface area contributed by atoms with E-state index in [-0.39, 0.29) is 0 Å². The number of hydrogen-bond donors (Lipinski definition) is 6. The molecule has 0 unspecified atom stereocenters. The Morgan fingerprint density at radius 2 is 1.52 bits per heavy atom. The van der Waals surface area contributed by atoms with Gasteiger partial charge in [-0.2, -0.15) is 0 Å². The van der Waals surface area contributed by atoms with Gasteiger partial charge >= 0.3 is 5.97 Å². The van der Waals surface area contributed by atoms with Crippen molar-refractivity contribution in [1.29, 1.82) is 0 Å². The Balaban J connectivity index is 4.12. The number of carboxylic acid groups (broad SMARTS) is 1. The lowest BCUT2D eigenvalue weighted by Gasteiger charge is -2.23. The Bertz CT molecular complexity index is 386. The lowest BCUT2D eigenvalue weighted by molar-refractivity contribution is -0.166. The number of amides is 1. The van der Waals surface area contributed by atoms with E-state index in [9.17, 15) is 24.9 Å². The number of hydrogen-bond acceptors (Lipinski definition) is 6. The zero-order chi connectivity index (χ0) is 17.8. The minimum Gasteiger partial charge on any atom is -0.479 e. The summed E-state index contributed by atoms with van der Waals surface area (Å²) in [5, 5.41) is 48.1. The lowest BCUT2D eigenvalue weighted by Crippen LogP contribution is -2.52. The maximum absolute atomic E-state index is 11.5. The third-order valence-electron chi connectivity index (χ3n) is 3.34. The Labute approximate surface area is 135 Å². The van der Waals surface area contributed by atoms with Crippen molar-refractivity contribution in [2.45, 2.75) is 69.9 Å². The van der Waals surface area contributed by atoms with Crippen molar-refractivity contribution < 1.29 is 35.1 Å². The van der Waals surface area contributed by atoms with Crippen molar-refractivity contribution in [1.82, 2.24) is 5.32 Å². The van der Waals surface area contributed by atoms with Gasteiger partial charge in [-0.3, -0.25) is 4.79 Å². The van der Waals surface area contributed by atoms with Gasteiger partial charge in [0.05, 0.1) is 0 Å². The van der Waals surface area contributed by atoms with Crippen LogP contribution >= 0.6 is 0 Å².